The number of methoxy groups -OCH3 is 1. The molecule has 2 N–H and O–H groups in total. The molecule has 2 aromatic heterocycles. The molecule has 1 aliphatic carbocycles. The van der Waals surface area contributed by atoms with Crippen LogP contribution < -0.4 is 15.0 Å². The fraction of sp³-hybridized carbons (Fsp3) is 0.464. The Hall–Kier alpha value is -3.82. The van der Waals surface area contributed by atoms with Gasteiger partial charge in [0.05, 0.1) is 18.4 Å². The summed E-state index contributed by atoms with van der Waals surface area (Å²) in [6, 6.07) is 7.72. The Morgan fingerprint density at radius 1 is 1.19 bits per heavy atom. The van der Waals surface area contributed by atoms with Crippen LogP contribution in [0.25, 0.3) is 10.3 Å². The van der Waals surface area contributed by atoms with Gasteiger partial charge in [0.25, 0.3) is 0 Å². The molecular weight excluding hydrogens is 596 g/mol. The maximum atomic E-state index is 13.8. The molecule has 13 nitrogen and oxygen atoms in total. The number of benzene rings is 1. The van der Waals surface area contributed by atoms with E-state index in [1.54, 1.807) is 34.1 Å². The van der Waals surface area contributed by atoms with E-state index in [1.165, 1.54) is 35.7 Å². The van der Waals surface area contributed by atoms with E-state index < -0.39 is 27.4 Å². The van der Waals surface area contributed by atoms with Crippen molar-refractivity contribution in [1.82, 2.24) is 19.2 Å². The van der Waals surface area contributed by atoms with Gasteiger partial charge in [-0.25, -0.2) is 23.2 Å². The van der Waals surface area contributed by atoms with Crippen molar-refractivity contribution in [3.05, 3.63) is 35.9 Å². The minimum atomic E-state index is -4.01. The molecule has 0 radical (unpaired) electrons. The fourth-order valence-corrected chi connectivity index (χ4v) is 8.24. The Bertz CT molecular complexity index is 1720. The van der Waals surface area contributed by atoms with Gasteiger partial charge < -0.3 is 14.7 Å². The molecule has 6 rings (SSSR count). The Balaban J connectivity index is 1.33. The maximum Gasteiger partial charge on any atom is 0.328 e. The third-order valence-electron chi connectivity index (χ3n) is 8.36. The molecule has 228 valence electrons. The van der Waals surface area contributed by atoms with Crippen LogP contribution in [0.4, 0.5) is 15.6 Å². The fourth-order valence-electron chi connectivity index (χ4n) is 5.87. The summed E-state index contributed by atoms with van der Waals surface area (Å²) in [7, 11) is -2.49. The summed E-state index contributed by atoms with van der Waals surface area (Å²) in [5.74, 6) is -0.498. The number of nitrogens with zero attached hydrogens (tertiary/aromatic N) is 5. The van der Waals surface area contributed by atoms with Gasteiger partial charge in [0.15, 0.2) is 5.13 Å². The first-order valence-corrected chi connectivity index (χ1v) is 16.3. The van der Waals surface area contributed by atoms with Gasteiger partial charge in [0.1, 0.15) is 10.3 Å². The molecule has 3 aromatic rings. The van der Waals surface area contributed by atoms with E-state index in [2.05, 4.69) is 15.3 Å². The van der Waals surface area contributed by atoms with E-state index in [1.807, 2.05) is 0 Å². The second-order valence-corrected chi connectivity index (χ2v) is 14.2. The summed E-state index contributed by atoms with van der Waals surface area (Å²) in [6.07, 6.45) is 2.09. The Morgan fingerprint density at radius 3 is 2.65 bits per heavy atom. The number of ether oxygens (including phenoxy) is 1. The van der Waals surface area contributed by atoms with Crippen LogP contribution in [0.3, 0.4) is 0 Å². The van der Waals surface area contributed by atoms with Crippen molar-refractivity contribution >= 4 is 60.4 Å². The first-order valence-electron chi connectivity index (χ1n) is 14.0. The summed E-state index contributed by atoms with van der Waals surface area (Å²) < 4.78 is 34.1. The van der Waals surface area contributed by atoms with Crippen molar-refractivity contribution in [3.8, 4) is 5.88 Å². The highest BCUT2D eigenvalue weighted by molar-refractivity contribution is 7.89. The number of aliphatic carboxylic acids is 1. The molecule has 1 saturated carbocycles. The number of hydrogen-bond acceptors (Lipinski definition) is 9. The number of aromatic nitrogens is 2. The van der Waals surface area contributed by atoms with Crippen LogP contribution >= 0.6 is 11.3 Å². The monoisotopic (exact) mass is 628 g/mol. The van der Waals surface area contributed by atoms with Crippen LogP contribution in [-0.2, 0) is 25.0 Å². The topological polar surface area (TPSA) is 162 Å². The number of pyridine rings is 1. The molecule has 15 heteroatoms. The molecule has 0 bridgehead atoms. The molecule has 3 aliphatic rings. The first-order chi connectivity index (χ1) is 20.5. The maximum absolute atomic E-state index is 13.8. The van der Waals surface area contributed by atoms with Gasteiger partial charge in [-0.1, -0.05) is 11.3 Å². The van der Waals surface area contributed by atoms with Gasteiger partial charge in [-0.15, -0.1) is 0 Å². The van der Waals surface area contributed by atoms with Crippen LogP contribution in [0, 0.1) is 5.92 Å². The van der Waals surface area contributed by atoms with Crippen LogP contribution in [0.1, 0.15) is 38.2 Å². The summed E-state index contributed by atoms with van der Waals surface area (Å²) in [5.41, 5.74) is 1.19. The molecule has 1 atom stereocenters. The lowest BCUT2D eigenvalue weighted by Gasteiger charge is -2.26. The van der Waals surface area contributed by atoms with Crippen LogP contribution in [0.15, 0.2) is 35.2 Å². The van der Waals surface area contributed by atoms with Crippen LogP contribution in [0.5, 0.6) is 5.88 Å². The number of fused-ring (bicyclic) bond motifs is 3. The molecule has 1 saturated heterocycles. The van der Waals surface area contributed by atoms with Crippen molar-refractivity contribution in [2.24, 2.45) is 5.92 Å². The van der Waals surface area contributed by atoms with Gasteiger partial charge in [-0.2, -0.15) is 4.31 Å². The predicted molar refractivity (Wildman–Crippen MR) is 159 cm³/mol. The number of likely N-dealkylation sites (tertiary alicyclic amines) is 1. The average Bonchev–Trinajstić information content (AvgIpc) is 3.41. The van der Waals surface area contributed by atoms with E-state index in [0.717, 1.165) is 12.8 Å². The van der Waals surface area contributed by atoms with E-state index in [4.69, 9.17) is 4.74 Å². The quantitative estimate of drug-likeness (QED) is 0.363. The number of carbonyl (C=O) groups is 3. The Kier molecular flexibility index (Phi) is 7.50. The zero-order valence-electron chi connectivity index (χ0n) is 23.8. The van der Waals surface area contributed by atoms with E-state index in [9.17, 15) is 27.9 Å². The SMILES string of the molecule is COc1ccc2nc(NC(=O)N3CC4(CCN(C(C)=O)C4)c4cc(S(=O)(=O)N(CCC(=O)O)CC5CC5)ccc43)sc2n1. The van der Waals surface area contributed by atoms with Crippen molar-refractivity contribution in [3.63, 3.8) is 0 Å². The average molecular weight is 629 g/mol. The van der Waals surface area contributed by atoms with E-state index in [-0.39, 0.29) is 42.8 Å². The number of rotatable bonds is 9. The zero-order valence-corrected chi connectivity index (χ0v) is 25.4. The van der Waals surface area contributed by atoms with Crippen molar-refractivity contribution in [2.45, 2.75) is 42.9 Å². The number of nitrogens with one attached hydrogen (secondary N) is 1. The lowest BCUT2D eigenvalue weighted by atomic mass is 9.81. The largest absolute Gasteiger partial charge is 0.481 e. The minimum Gasteiger partial charge on any atom is -0.481 e. The molecule has 1 spiro atoms. The predicted octanol–water partition coefficient (Wildman–Crippen LogP) is 3.12. The van der Waals surface area contributed by atoms with Gasteiger partial charge in [-0.3, -0.25) is 19.8 Å². The molecular formula is C28H32N6O7S2. The number of urea groups is 1. The molecule has 1 aromatic carbocycles. The van der Waals surface area contributed by atoms with Crippen molar-refractivity contribution in [1.29, 1.82) is 0 Å². The highest BCUT2D eigenvalue weighted by Gasteiger charge is 2.50. The molecule has 2 fully saturated rings. The third kappa shape index (κ3) is 5.63. The number of thiazole rings is 1. The number of anilines is 2. The number of sulfonamides is 1. The Labute approximate surface area is 252 Å². The third-order valence-corrected chi connectivity index (χ3v) is 11.1. The standard InChI is InChI=1S/C28H32N6O7S2/c1-17(35)32-12-10-28(15-32)16-34(27(38)31-26-29-21-6-8-23(41-2)30-25(21)42-26)22-7-5-19(13-20(22)28)43(39,40)33(11-9-24(36)37)14-18-3-4-18/h5-8,13,18H,3-4,9-12,14-16H2,1-2H3,(H,36,37)(H,29,31,38). The second kappa shape index (κ2) is 11.0. The van der Waals surface area contributed by atoms with E-state index in [0.29, 0.717) is 52.1 Å². The molecule has 43 heavy (non-hydrogen) atoms. The lowest BCUT2D eigenvalue weighted by Crippen LogP contribution is -2.41. The summed E-state index contributed by atoms with van der Waals surface area (Å²) in [6.45, 7) is 2.73. The highest BCUT2D eigenvalue weighted by atomic mass is 32.2. The van der Waals surface area contributed by atoms with Crippen molar-refractivity contribution in [2.75, 3.05) is 50.1 Å². The van der Waals surface area contributed by atoms with Crippen LogP contribution in [-0.4, -0.2) is 90.4 Å². The second-order valence-electron chi connectivity index (χ2n) is 11.3. The molecule has 2 aliphatic heterocycles. The summed E-state index contributed by atoms with van der Waals surface area (Å²) in [4.78, 5) is 50.0. The molecule has 4 heterocycles. The van der Waals surface area contributed by atoms with Crippen LogP contribution in [0.2, 0.25) is 0 Å². The summed E-state index contributed by atoms with van der Waals surface area (Å²) >= 11 is 1.21. The number of hydrogen-bond donors (Lipinski definition) is 2. The number of carboxylic acids is 1. The van der Waals surface area contributed by atoms with Gasteiger partial charge >= 0.3 is 12.0 Å². The molecule has 3 amide bonds. The first kappa shape index (κ1) is 29.3. The Morgan fingerprint density at radius 2 is 1.98 bits per heavy atom. The summed E-state index contributed by atoms with van der Waals surface area (Å²) in [5, 5.41) is 12.4. The van der Waals surface area contributed by atoms with Gasteiger partial charge in [-0.05, 0) is 55.0 Å². The number of carboxylic acid groups (broad SMARTS) is 1. The minimum absolute atomic E-state index is 0.0476. The zero-order chi connectivity index (χ0) is 30.5. The lowest BCUT2D eigenvalue weighted by molar-refractivity contribution is -0.137. The smallest absolute Gasteiger partial charge is 0.328 e. The van der Waals surface area contributed by atoms with Gasteiger partial charge in [0, 0.05) is 56.8 Å². The van der Waals surface area contributed by atoms with Crippen molar-refractivity contribution < 1.29 is 32.6 Å². The van der Waals surface area contributed by atoms with Gasteiger partial charge in [0.2, 0.25) is 21.8 Å². The number of amides is 3. The van der Waals surface area contributed by atoms with E-state index >= 15 is 0 Å². The molecule has 1 unspecified atom stereocenters. The normalized spacial score (nSPS) is 19.8. The highest BCUT2D eigenvalue weighted by Crippen LogP contribution is 2.48. The number of carbonyl (C=O) groups excluding carboxylic acids is 2.